The summed E-state index contributed by atoms with van der Waals surface area (Å²) in [6.45, 7) is 5.83. The largest absolute Gasteiger partial charge is 0.469 e. The summed E-state index contributed by atoms with van der Waals surface area (Å²) < 4.78 is 26.5. The van der Waals surface area contributed by atoms with Crippen molar-refractivity contribution in [2.24, 2.45) is 17.8 Å². The number of unbranched alkanes of at least 4 members (excludes halogenated alkanes) is 20. The van der Waals surface area contributed by atoms with Crippen LogP contribution in [0.3, 0.4) is 0 Å². The standard InChI is InChI=1S/C48H85O10P/c1-4-6-25-32-43(49)36-37-45-42(35-38-46(45)50)31-27-23-24-29-34-48(52)58-44(40-57-59(53,54)55)39-56-47(51)33-28-22-20-18-16-14-12-10-8-7-9-11-13-15-17-19-21-26-30-41(3)5-2/h23,27,35-38,41-45,49H,4-22,24-26,28-34,39-40H2,1-3H3,(H2,53,54,55)/b27-23-,37-36+/t41?,42-,43-,44+,45+/m0/s1. The summed E-state index contributed by atoms with van der Waals surface area (Å²) >= 11 is 0. The Balaban J connectivity index is 2.15. The van der Waals surface area contributed by atoms with Gasteiger partial charge in [0.15, 0.2) is 11.9 Å². The van der Waals surface area contributed by atoms with Crippen molar-refractivity contribution in [3.8, 4) is 0 Å². The minimum atomic E-state index is -4.81. The van der Waals surface area contributed by atoms with Crippen molar-refractivity contribution < 1.29 is 47.8 Å². The molecule has 0 aromatic heterocycles. The lowest BCUT2D eigenvalue weighted by atomic mass is 9.90. The molecule has 0 spiro atoms. The molecule has 0 amide bonds. The Kier molecular flexibility index (Phi) is 34.0. The molecular weight excluding hydrogens is 767 g/mol. The summed E-state index contributed by atoms with van der Waals surface area (Å²) in [5, 5.41) is 10.2. The van der Waals surface area contributed by atoms with Crippen LogP contribution in [0.1, 0.15) is 207 Å². The topological polar surface area (TPSA) is 157 Å². The lowest BCUT2D eigenvalue weighted by Crippen LogP contribution is -2.29. The van der Waals surface area contributed by atoms with Crippen LogP contribution in [0.15, 0.2) is 36.5 Å². The number of aliphatic hydroxyl groups is 1. The third-order valence-corrected chi connectivity index (χ3v) is 11.9. The number of hydrogen-bond donors (Lipinski definition) is 3. The number of rotatable bonds is 40. The van der Waals surface area contributed by atoms with Crippen LogP contribution in [0.5, 0.6) is 0 Å². The molecule has 3 N–H and O–H groups in total. The van der Waals surface area contributed by atoms with Crippen molar-refractivity contribution in [1.82, 2.24) is 0 Å². The van der Waals surface area contributed by atoms with Crippen LogP contribution in [-0.4, -0.2) is 58.0 Å². The molecule has 1 aliphatic carbocycles. The first-order valence-electron chi connectivity index (χ1n) is 23.7. The third kappa shape index (κ3) is 33.2. The lowest BCUT2D eigenvalue weighted by Gasteiger charge is -2.18. The van der Waals surface area contributed by atoms with Gasteiger partial charge in [0.2, 0.25) is 0 Å². The molecule has 0 aromatic carbocycles. The van der Waals surface area contributed by atoms with Crippen LogP contribution in [0.4, 0.5) is 0 Å². The minimum absolute atomic E-state index is 0.0169. The average molecular weight is 853 g/mol. The highest BCUT2D eigenvalue weighted by atomic mass is 31.2. The lowest BCUT2D eigenvalue weighted by molar-refractivity contribution is -0.161. The number of hydrogen-bond acceptors (Lipinski definition) is 8. The Hall–Kier alpha value is -2.10. The zero-order chi connectivity index (χ0) is 43.4. The Morgan fingerprint density at radius 3 is 1.83 bits per heavy atom. The van der Waals surface area contributed by atoms with Crippen molar-refractivity contribution >= 4 is 25.5 Å². The maximum Gasteiger partial charge on any atom is 0.469 e. The highest BCUT2D eigenvalue weighted by molar-refractivity contribution is 7.46. The molecule has 0 heterocycles. The Morgan fingerprint density at radius 2 is 1.27 bits per heavy atom. The summed E-state index contributed by atoms with van der Waals surface area (Å²) in [5.41, 5.74) is 0. The monoisotopic (exact) mass is 853 g/mol. The molecule has 0 bridgehead atoms. The maximum atomic E-state index is 12.5. The van der Waals surface area contributed by atoms with Gasteiger partial charge in [-0.25, -0.2) is 4.57 Å². The van der Waals surface area contributed by atoms with E-state index in [1.165, 1.54) is 103 Å². The molecule has 342 valence electrons. The Bertz CT molecular complexity index is 1210. The fourth-order valence-corrected chi connectivity index (χ4v) is 7.76. The Labute approximate surface area is 359 Å². The van der Waals surface area contributed by atoms with Crippen molar-refractivity contribution in [1.29, 1.82) is 0 Å². The van der Waals surface area contributed by atoms with E-state index in [1.54, 1.807) is 12.2 Å². The van der Waals surface area contributed by atoms with E-state index in [2.05, 4.69) is 25.3 Å². The first-order valence-corrected chi connectivity index (χ1v) is 25.3. The smallest absolute Gasteiger partial charge is 0.462 e. The van der Waals surface area contributed by atoms with E-state index in [0.717, 1.165) is 44.4 Å². The molecule has 0 fully saturated rings. The number of ketones is 1. The van der Waals surface area contributed by atoms with Gasteiger partial charge in [-0.15, -0.1) is 0 Å². The fraction of sp³-hybridized carbons (Fsp3) is 0.812. The van der Waals surface area contributed by atoms with E-state index >= 15 is 0 Å². The number of esters is 2. The molecule has 1 rings (SSSR count). The normalized spacial score (nSPS) is 17.3. The third-order valence-electron chi connectivity index (χ3n) is 11.4. The second-order valence-electron chi connectivity index (χ2n) is 17.0. The van der Waals surface area contributed by atoms with Gasteiger partial charge in [-0.1, -0.05) is 192 Å². The molecule has 0 aromatic rings. The second-order valence-corrected chi connectivity index (χ2v) is 18.2. The van der Waals surface area contributed by atoms with E-state index < -0.39 is 38.6 Å². The van der Waals surface area contributed by atoms with Gasteiger partial charge in [0.1, 0.15) is 6.61 Å². The van der Waals surface area contributed by atoms with Gasteiger partial charge in [0, 0.05) is 18.8 Å². The van der Waals surface area contributed by atoms with E-state index in [4.69, 9.17) is 19.3 Å². The molecule has 5 atom stereocenters. The second kappa shape index (κ2) is 36.5. The van der Waals surface area contributed by atoms with Crippen LogP contribution < -0.4 is 0 Å². The quantitative estimate of drug-likeness (QED) is 0.0235. The van der Waals surface area contributed by atoms with Gasteiger partial charge >= 0.3 is 19.8 Å². The highest BCUT2D eigenvalue weighted by Crippen LogP contribution is 2.36. The summed E-state index contributed by atoms with van der Waals surface area (Å²) in [6, 6.07) is 0. The van der Waals surface area contributed by atoms with Crippen LogP contribution in [0.2, 0.25) is 0 Å². The summed E-state index contributed by atoms with van der Waals surface area (Å²) in [4.78, 5) is 55.5. The molecule has 0 radical (unpaired) electrons. The molecule has 59 heavy (non-hydrogen) atoms. The molecule has 1 aliphatic rings. The van der Waals surface area contributed by atoms with E-state index in [9.17, 15) is 24.1 Å². The van der Waals surface area contributed by atoms with E-state index in [1.807, 2.05) is 24.3 Å². The zero-order valence-corrected chi connectivity index (χ0v) is 38.3. The first-order chi connectivity index (χ1) is 28.4. The van der Waals surface area contributed by atoms with Gasteiger partial charge in [0.05, 0.1) is 12.7 Å². The summed E-state index contributed by atoms with van der Waals surface area (Å²) in [5.74, 6) is -0.373. The number of allylic oxidation sites excluding steroid dienone is 5. The molecule has 0 saturated carbocycles. The molecule has 0 saturated heterocycles. The number of phosphoric acid groups is 1. The predicted octanol–water partition coefficient (Wildman–Crippen LogP) is 12.4. The van der Waals surface area contributed by atoms with Gasteiger partial charge in [0.25, 0.3) is 0 Å². The van der Waals surface area contributed by atoms with E-state index in [-0.39, 0.29) is 37.1 Å². The number of aliphatic hydroxyl groups excluding tert-OH is 1. The summed E-state index contributed by atoms with van der Waals surface area (Å²) in [6.07, 6.45) is 40.7. The maximum absolute atomic E-state index is 12.5. The number of phosphoric ester groups is 1. The minimum Gasteiger partial charge on any atom is -0.462 e. The van der Waals surface area contributed by atoms with Crippen molar-refractivity contribution in [3.05, 3.63) is 36.5 Å². The van der Waals surface area contributed by atoms with Gasteiger partial charge < -0.3 is 24.4 Å². The molecule has 1 unspecified atom stereocenters. The zero-order valence-electron chi connectivity index (χ0n) is 37.4. The SMILES string of the molecule is CCCCC[C@H](O)/C=C/[C@H]1C(=O)C=C[C@@H]1C/C=C\CCCC(=O)O[C@H](COC(=O)CCCCCCCCCCCCCCCCCCCCC(C)CC)COP(=O)(O)O. The van der Waals surface area contributed by atoms with E-state index in [0.29, 0.717) is 32.1 Å². The molecule has 10 nitrogen and oxygen atoms in total. The number of carbonyl (C=O) groups excluding carboxylic acids is 3. The van der Waals surface area contributed by atoms with Crippen molar-refractivity contribution in [2.45, 2.75) is 219 Å². The van der Waals surface area contributed by atoms with Gasteiger partial charge in [-0.2, -0.15) is 0 Å². The number of ether oxygens (including phenoxy) is 2. The average Bonchev–Trinajstić information content (AvgIpc) is 3.56. The number of carbonyl (C=O) groups is 3. The summed E-state index contributed by atoms with van der Waals surface area (Å²) in [7, 11) is -4.81. The van der Waals surface area contributed by atoms with Gasteiger partial charge in [-0.3, -0.25) is 18.9 Å². The Morgan fingerprint density at radius 1 is 0.729 bits per heavy atom. The van der Waals surface area contributed by atoms with Crippen molar-refractivity contribution in [3.63, 3.8) is 0 Å². The molecule has 11 heteroatoms. The molecular formula is C48H85O10P. The van der Waals surface area contributed by atoms with Crippen molar-refractivity contribution in [2.75, 3.05) is 13.2 Å². The van der Waals surface area contributed by atoms with Crippen LogP contribution in [0, 0.1) is 17.8 Å². The molecule has 0 aliphatic heterocycles. The predicted molar refractivity (Wildman–Crippen MR) is 239 cm³/mol. The van der Waals surface area contributed by atoms with Crippen LogP contribution in [0.25, 0.3) is 0 Å². The highest BCUT2D eigenvalue weighted by Gasteiger charge is 2.27. The fourth-order valence-electron chi connectivity index (χ4n) is 7.40. The van der Waals surface area contributed by atoms with Crippen LogP contribution in [-0.2, 0) is 32.9 Å². The van der Waals surface area contributed by atoms with Gasteiger partial charge in [-0.05, 0) is 50.0 Å². The van der Waals surface area contributed by atoms with Crippen LogP contribution >= 0.6 is 7.82 Å². The first kappa shape index (κ1) is 54.9.